The van der Waals surface area contributed by atoms with Gasteiger partial charge in [-0.05, 0) is 33.6 Å². The van der Waals surface area contributed by atoms with Crippen LogP contribution in [0, 0.1) is 5.41 Å². The number of hydrogen-bond acceptors (Lipinski definition) is 3. The molecule has 0 aromatic rings. The van der Waals surface area contributed by atoms with E-state index in [1.54, 1.807) is 0 Å². The maximum Gasteiger partial charge on any atom is 0.305 e. The van der Waals surface area contributed by atoms with Crippen LogP contribution in [-0.2, 0) is 9.53 Å². The fourth-order valence-electron chi connectivity index (χ4n) is 2.88. The van der Waals surface area contributed by atoms with Crippen LogP contribution >= 0.6 is 24.0 Å². The van der Waals surface area contributed by atoms with Gasteiger partial charge in [-0.1, -0.05) is 26.7 Å². The molecule has 0 bridgehead atoms. The Morgan fingerprint density at radius 2 is 1.79 bits per heavy atom. The fraction of sp³-hybridized carbons (Fsp3) is 0.889. The molecule has 0 saturated carbocycles. The molecule has 0 radical (unpaired) electrons. The third-order valence-electron chi connectivity index (χ3n) is 5.25. The summed E-state index contributed by atoms with van der Waals surface area (Å²) in [4.78, 5) is 18.0. The summed E-state index contributed by atoms with van der Waals surface area (Å²) < 4.78 is 4.92. The molecule has 24 heavy (non-hydrogen) atoms. The van der Waals surface area contributed by atoms with Crippen LogP contribution in [0.1, 0.15) is 66.7 Å². The summed E-state index contributed by atoms with van der Waals surface area (Å²) >= 11 is 0. The number of halogens is 1. The number of ether oxygens (including phenoxy) is 1. The average Bonchev–Trinajstić information content (AvgIpc) is 2.48. The van der Waals surface area contributed by atoms with E-state index >= 15 is 0 Å². The minimum absolute atomic E-state index is 0. The Hall–Kier alpha value is -0.530. The summed E-state index contributed by atoms with van der Waals surface area (Å²) in [7, 11) is 1.85. The molecular weight excluding hydrogens is 417 g/mol. The standard InChI is InChI=1S/C18H35N3O2.HI/c1-7-23-15(22)12-10-8-9-11-13-20-16(19-6)21-14-17(2,3)18(21,4)5;/h7-14H2,1-6H3,(H,19,20);1H. The van der Waals surface area contributed by atoms with E-state index in [-0.39, 0.29) is 35.5 Å². The van der Waals surface area contributed by atoms with E-state index in [0.717, 1.165) is 44.7 Å². The molecular formula is C18H36IN3O2. The molecule has 0 spiro atoms. The van der Waals surface area contributed by atoms with Gasteiger partial charge in [0.25, 0.3) is 0 Å². The molecule has 1 aliphatic rings. The van der Waals surface area contributed by atoms with Gasteiger partial charge in [0.05, 0.1) is 6.61 Å². The van der Waals surface area contributed by atoms with E-state index in [1.165, 1.54) is 0 Å². The van der Waals surface area contributed by atoms with Gasteiger partial charge in [-0.3, -0.25) is 9.79 Å². The average molecular weight is 453 g/mol. The number of esters is 1. The van der Waals surface area contributed by atoms with Crippen LogP contribution in [0.3, 0.4) is 0 Å². The lowest BCUT2D eigenvalue weighted by atomic mass is 9.65. The molecule has 0 aliphatic carbocycles. The van der Waals surface area contributed by atoms with Crippen LogP contribution in [0.15, 0.2) is 4.99 Å². The second-order valence-electron chi connectivity index (χ2n) is 7.47. The molecule has 1 aliphatic heterocycles. The first-order chi connectivity index (χ1) is 10.8. The highest BCUT2D eigenvalue weighted by Gasteiger charge is 2.53. The van der Waals surface area contributed by atoms with Gasteiger partial charge in [0, 0.05) is 37.5 Å². The smallest absolute Gasteiger partial charge is 0.305 e. The van der Waals surface area contributed by atoms with Gasteiger partial charge in [-0.2, -0.15) is 0 Å². The number of unbranched alkanes of at least 4 members (excludes halogenated alkanes) is 3. The van der Waals surface area contributed by atoms with Crippen LogP contribution in [0.4, 0.5) is 0 Å². The van der Waals surface area contributed by atoms with E-state index in [9.17, 15) is 4.79 Å². The van der Waals surface area contributed by atoms with Gasteiger partial charge in [0.2, 0.25) is 0 Å². The van der Waals surface area contributed by atoms with Crippen LogP contribution < -0.4 is 5.32 Å². The summed E-state index contributed by atoms with van der Waals surface area (Å²) in [5.41, 5.74) is 0.451. The highest BCUT2D eigenvalue weighted by atomic mass is 127. The molecule has 1 heterocycles. The summed E-state index contributed by atoms with van der Waals surface area (Å²) in [6.07, 6.45) is 4.75. The molecule has 0 unspecified atom stereocenters. The Balaban J connectivity index is 0.00000529. The Bertz CT molecular complexity index is 422. The summed E-state index contributed by atoms with van der Waals surface area (Å²) in [5, 5.41) is 3.47. The van der Waals surface area contributed by atoms with Crippen molar-refractivity contribution < 1.29 is 9.53 Å². The number of likely N-dealkylation sites (tertiary alicyclic amines) is 1. The van der Waals surface area contributed by atoms with Crippen molar-refractivity contribution >= 4 is 35.9 Å². The lowest BCUT2D eigenvalue weighted by Crippen LogP contribution is -2.72. The van der Waals surface area contributed by atoms with Gasteiger partial charge in [0.15, 0.2) is 5.96 Å². The third-order valence-corrected chi connectivity index (χ3v) is 5.25. The van der Waals surface area contributed by atoms with Crippen molar-refractivity contribution in [2.45, 2.75) is 72.3 Å². The minimum Gasteiger partial charge on any atom is -0.466 e. The quantitative estimate of drug-likeness (QED) is 0.200. The maximum atomic E-state index is 11.2. The van der Waals surface area contributed by atoms with Crippen molar-refractivity contribution in [1.29, 1.82) is 0 Å². The van der Waals surface area contributed by atoms with E-state index in [1.807, 2.05) is 14.0 Å². The first kappa shape index (κ1) is 23.5. The summed E-state index contributed by atoms with van der Waals surface area (Å²) in [6.45, 7) is 13.5. The highest BCUT2D eigenvalue weighted by Crippen LogP contribution is 2.46. The number of guanidine groups is 1. The zero-order chi connectivity index (χ0) is 17.5. The summed E-state index contributed by atoms with van der Waals surface area (Å²) in [6, 6.07) is 0. The normalized spacial score (nSPS) is 18.4. The first-order valence-corrected chi connectivity index (χ1v) is 8.90. The van der Waals surface area contributed by atoms with Crippen LogP contribution in [0.5, 0.6) is 0 Å². The van der Waals surface area contributed by atoms with Crippen molar-refractivity contribution in [2.24, 2.45) is 10.4 Å². The molecule has 1 fully saturated rings. The lowest BCUT2D eigenvalue weighted by Gasteiger charge is -2.62. The molecule has 142 valence electrons. The van der Waals surface area contributed by atoms with E-state index in [2.05, 4.69) is 42.9 Å². The van der Waals surface area contributed by atoms with E-state index in [4.69, 9.17) is 4.74 Å². The van der Waals surface area contributed by atoms with Gasteiger partial charge < -0.3 is 15.0 Å². The fourth-order valence-corrected chi connectivity index (χ4v) is 2.88. The Morgan fingerprint density at radius 1 is 1.17 bits per heavy atom. The highest BCUT2D eigenvalue weighted by molar-refractivity contribution is 14.0. The molecule has 1 saturated heterocycles. The van der Waals surface area contributed by atoms with Crippen molar-refractivity contribution in [3.63, 3.8) is 0 Å². The Labute approximate surface area is 165 Å². The second-order valence-corrected chi connectivity index (χ2v) is 7.47. The zero-order valence-corrected chi connectivity index (χ0v) is 18.6. The maximum absolute atomic E-state index is 11.2. The number of nitrogens with zero attached hydrogens (tertiary/aromatic N) is 2. The van der Waals surface area contributed by atoms with Crippen molar-refractivity contribution in [3.05, 3.63) is 0 Å². The molecule has 1 N–H and O–H groups in total. The lowest BCUT2D eigenvalue weighted by molar-refractivity contribution is -0.143. The number of carbonyl (C=O) groups excluding carboxylic acids is 1. The second kappa shape index (κ2) is 10.5. The topological polar surface area (TPSA) is 53.9 Å². The van der Waals surface area contributed by atoms with Gasteiger partial charge >= 0.3 is 5.97 Å². The molecule has 0 amide bonds. The van der Waals surface area contributed by atoms with Gasteiger partial charge in [-0.15, -0.1) is 24.0 Å². The number of carbonyl (C=O) groups is 1. The van der Waals surface area contributed by atoms with Crippen LogP contribution in [0.25, 0.3) is 0 Å². The number of aliphatic imine (C=N–C) groups is 1. The Morgan fingerprint density at radius 3 is 2.29 bits per heavy atom. The molecule has 1 rings (SSSR count). The van der Waals surface area contributed by atoms with Gasteiger partial charge in [0.1, 0.15) is 0 Å². The molecule has 0 aromatic carbocycles. The Kier molecular flexibility index (Phi) is 10.2. The summed E-state index contributed by atoms with van der Waals surface area (Å²) in [5.74, 6) is 0.925. The van der Waals surface area contributed by atoms with E-state index in [0.29, 0.717) is 18.4 Å². The minimum atomic E-state index is -0.0753. The third kappa shape index (κ3) is 6.08. The number of nitrogens with one attached hydrogen (secondary N) is 1. The van der Waals surface area contributed by atoms with E-state index < -0.39 is 0 Å². The van der Waals surface area contributed by atoms with Gasteiger partial charge in [-0.25, -0.2) is 0 Å². The molecule has 0 aromatic heterocycles. The monoisotopic (exact) mass is 453 g/mol. The first-order valence-electron chi connectivity index (χ1n) is 8.90. The van der Waals surface area contributed by atoms with Crippen molar-refractivity contribution in [2.75, 3.05) is 26.7 Å². The molecule has 0 atom stereocenters. The molecule has 6 heteroatoms. The predicted octanol–water partition coefficient (Wildman–Crippen LogP) is 3.81. The van der Waals surface area contributed by atoms with Crippen molar-refractivity contribution in [1.82, 2.24) is 10.2 Å². The molecule has 5 nitrogen and oxygen atoms in total. The zero-order valence-electron chi connectivity index (χ0n) is 16.3. The van der Waals surface area contributed by atoms with Crippen LogP contribution in [-0.4, -0.2) is 49.1 Å². The number of hydrogen-bond donors (Lipinski definition) is 1. The largest absolute Gasteiger partial charge is 0.466 e. The number of rotatable bonds is 8. The van der Waals surface area contributed by atoms with Crippen molar-refractivity contribution in [3.8, 4) is 0 Å². The predicted molar refractivity (Wildman–Crippen MR) is 111 cm³/mol. The SMILES string of the molecule is CCOC(=O)CCCCCCNC(=NC)N1CC(C)(C)C1(C)C.I. The van der Waals surface area contributed by atoms with Crippen LogP contribution in [0.2, 0.25) is 0 Å².